The number of ether oxygens (including phenoxy) is 1. The second-order valence-electron chi connectivity index (χ2n) is 8.69. The summed E-state index contributed by atoms with van der Waals surface area (Å²) in [5.74, 6) is -3.35. The second kappa shape index (κ2) is 8.48. The average Bonchev–Trinajstić information content (AvgIpc) is 2.75. The highest BCUT2D eigenvalue weighted by Crippen LogP contribution is 2.58. The molecule has 180 valence electrons. The number of halogens is 3. The molecule has 1 fully saturated rings. The Hall–Kier alpha value is -1.75. The van der Waals surface area contributed by atoms with Gasteiger partial charge in [-0.1, -0.05) is 18.0 Å². The Morgan fingerprint density at radius 3 is 2.36 bits per heavy atom. The molecule has 1 aliphatic heterocycles. The SMILES string of the molecule is CN(C[C@H]1CCC[C@]2(S(=O)(=O)c3ccc(Cl)cc3)c3c(F)ccc(F)c3OC[C@H]12)S(C)(=O)=O. The Balaban J connectivity index is 1.96. The first-order valence-corrected chi connectivity index (χ1v) is 14.1. The smallest absolute Gasteiger partial charge is 0.210 e. The van der Waals surface area contributed by atoms with Crippen LogP contribution in [0.1, 0.15) is 24.8 Å². The fourth-order valence-electron chi connectivity index (χ4n) is 5.19. The van der Waals surface area contributed by atoms with Gasteiger partial charge in [-0.05, 0) is 55.2 Å². The normalized spacial score (nSPS) is 25.3. The molecule has 6 nitrogen and oxygen atoms in total. The average molecular weight is 520 g/mol. The van der Waals surface area contributed by atoms with Crippen molar-refractivity contribution in [3.63, 3.8) is 0 Å². The highest BCUT2D eigenvalue weighted by molar-refractivity contribution is 7.92. The van der Waals surface area contributed by atoms with Crippen LogP contribution in [0.25, 0.3) is 0 Å². The van der Waals surface area contributed by atoms with Gasteiger partial charge in [-0.25, -0.2) is 29.9 Å². The molecule has 0 bridgehead atoms. The van der Waals surface area contributed by atoms with Crippen LogP contribution in [0.3, 0.4) is 0 Å². The number of rotatable bonds is 5. The summed E-state index contributed by atoms with van der Waals surface area (Å²) in [5, 5.41) is 0.337. The van der Waals surface area contributed by atoms with E-state index >= 15 is 4.39 Å². The molecule has 3 atom stereocenters. The molecule has 0 N–H and O–H groups in total. The number of sulfonamides is 1. The topological polar surface area (TPSA) is 80.8 Å². The molecule has 0 radical (unpaired) electrons. The third-order valence-corrected chi connectivity index (χ3v) is 10.9. The number of hydrogen-bond donors (Lipinski definition) is 0. The van der Waals surface area contributed by atoms with E-state index in [-0.39, 0.29) is 30.0 Å². The van der Waals surface area contributed by atoms with E-state index in [1.807, 2.05) is 0 Å². The maximum absolute atomic E-state index is 15.3. The lowest BCUT2D eigenvalue weighted by atomic mass is 9.67. The maximum Gasteiger partial charge on any atom is 0.210 e. The van der Waals surface area contributed by atoms with Gasteiger partial charge in [0.05, 0.1) is 23.3 Å². The predicted octanol–water partition coefficient (Wildman–Crippen LogP) is 3.99. The molecule has 11 heteroatoms. The van der Waals surface area contributed by atoms with E-state index in [9.17, 15) is 21.2 Å². The maximum atomic E-state index is 15.3. The van der Waals surface area contributed by atoms with Crippen molar-refractivity contribution in [1.29, 1.82) is 0 Å². The predicted molar refractivity (Wildman–Crippen MR) is 120 cm³/mol. The molecular formula is C22H24ClF2NO5S2. The van der Waals surface area contributed by atoms with E-state index in [4.69, 9.17) is 16.3 Å². The zero-order valence-corrected chi connectivity index (χ0v) is 20.5. The Labute approximate surface area is 197 Å². The Bertz CT molecular complexity index is 1280. The van der Waals surface area contributed by atoms with E-state index in [0.717, 1.165) is 22.7 Å². The van der Waals surface area contributed by atoms with Crippen molar-refractivity contribution in [3.8, 4) is 5.75 Å². The standard InChI is InChI=1S/C22H24ClF2NO5S2/c1-26(32(2,27)28)12-14-4-3-11-22(33(29,30)16-7-5-15(23)6-8-16)17(14)13-31-21-19(25)10-9-18(24)20(21)22/h5-10,14,17H,3-4,11-13H2,1-2H3/t14-,17-,22-/m1/s1. The summed E-state index contributed by atoms with van der Waals surface area (Å²) in [6.45, 7) is -0.139. The van der Waals surface area contributed by atoms with E-state index < -0.39 is 53.8 Å². The lowest BCUT2D eigenvalue weighted by molar-refractivity contribution is 0.0678. The molecular weight excluding hydrogens is 496 g/mol. The van der Waals surface area contributed by atoms with Gasteiger partial charge < -0.3 is 4.74 Å². The molecule has 1 aliphatic carbocycles. The summed E-state index contributed by atoms with van der Waals surface area (Å²) in [6, 6.07) is 7.38. The molecule has 2 aromatic rings. The van der Waals surface area contributed by atoms with E-state index in [1.165, 1.54) is 31.3 Å². The number of sulfone groups is 1. The van der Waals surface area contributed by atoms with Crippen molar-refractivity contribution >= 4 is 31.5 Å². The Kier molecular flexibility index (Phi) is 6.26. The highest BCUT2D eigenvalue weighted by atomic mass is 35.5. The molecule has 2 aromatic carbocycles. The van der Waals surface area contributed by atoms with Gasteiger partial charge in [-0.15, -0.1) is 0 Å². The van der Waals surface area contributed by atoms with Gasteiger partial charge in [0.15, 0.2) is 21.4 Å². The summed E-state index contributed by atoms with van der Waals surface area (Å²) in [7, 11) is -6.39. The van der Waals surface area contributed by atoms with Crippen molar-refractivity contribution in [2.45, 2.75) is 28.9 Å². The van der Waals surface area contributed by atoms with Crippen molar-refractivity contribution in [2.24, 2.45) is 11.8 Å². The molecule has 0 aromatic heterocycles. The quantitative estimate of drug-likeness (QED) is 0.596. The molecule has 1 heterocycles. The van der Waals surface area contributed by atoms with Gasteiger partial charge in [0.2, 0.25) is 10.0 Å². The minimum absolute atomic E-state index is 0.0387. The first-order valence-electron chi connectivity index (χ1n) is 10.4. The van der Waals surface area contributed by atoms with Gasteiger partial charge in [-0.2, -0.15) is 0 Å². The molecule has 0 unspecified atom stereocenters. The summed E-state index contributed by atoms with van der Waals surface area (Å²) in [4.78, 5) is -0.0643. The first kappa shape index (κ1) is 24.4. The van der Waals surface area contributed by atoms with Crippen LogP contribution in [-0.4, -0.2) is 47.6 Å². The Morgan fingerprint density at radius 2 is 1.73 bits per heavy atom. The molecule has 33 heavy (non-hydrogen) atoms. The third-order valence-electron chi connectivity index (χ3n) is 6.84. The fraction of sp³-hybridized carbons (Fsp3) is 0.455. The molecule has 0 amide bonds. The van der Waals surface area contributed by atoms with Crippen LogP contribution < -0.4 is 4.74 Å². The summed E-state index contributed by atoms with van der Waals surface area (Å²) in [5.41, 5.74) is -0.319. The summed E-state index contributed by atoms with van der Waals surface area (Å²) >= 11 is 5.95. The van der Waals surface area contributed by atoms with Crippen molar-refractivity contribution in [3.05, 3.63) is 58.6 Å². The van der Waals surface area contributed by atoms with Gasteiger partial charge in [-0.3, -0.25) is 0 Å². The van der Waals surface area contributed by atoms with Crippen LogP contribution in [0.2, 0.25) is 5.02 Å². The zero-order valence-electron chi connectivity index (χ0n) is 18.1. The fourth-order valence-corrected chi connectivity index (χ4v) is 8.23. The lowest BCUT2D eigenvalue weighted by Crippen LogP contribution is -2.55. The minimum Gasteiger partial charge on any atom is -0.490 e. The molecule has 0 saturated heterocycles. The zero-order chi connectivity index (χ0) is 24.2. The third kappa shape index (κ3) is 3.94. The van der Waals surface area contributed by atoms with E-state index in [0.29, 0.717) is 17.9 Å². The highest BCUT2D eigenvalue weighted by Gasteiger charge is 2.61. The monoisotopic (exact) mass is 519 g/mol. The van der Waals surface area contributed by atoms with Crippen LogP contribution in [0, 0.1) is 23.5 Å². The lowest BCUT2D eigenvalue weighted by Gasteiger charge is -2.50. The van der Waals surface area contributed by atoms with Crippen LogP contribution in [0.15, 0.2) is 41.3 Å². The number of fused-ring (bicyclic) bond motifs is 3. The van der Waals surface area contributed by atoms with Crippen LogP contribution in [0.4, 0.5) is 8.78 Å². The van der Waals surface area contributed by atoms with Gasteiger partial charge >= 0.3 is 0 Å². The molecule has 1 saturated carbocycles. The minimum atomic E-state index is -4.27. The molecule has 2 aliphatic rings. The van der Waals surface area contributed by atoms with Gasteiger partial charge in [0, 0.05) is 24.5 Å². The second-order valence-corrected chi connectivity index (χ2v) is 13.4. The van der Waals surface area contributed by atoms with Gasteiger partial charge in [0.1, 0.15) is 10.6 Å². The summed E-state index contributed by atoms with van der Waals surface area (Å²) in [6.07, 6.45) is 2.03. The largest absolute Gasteiger partial charge is 0.490 e. The molecule has 0 spiro atoms. The van der Waals surface area contributed by atoms with Crippen molar-refractivity contribution in [2.75, 3.05) is 26.5 Å². The van der Waals surface area contributed by atoms with Gasteiger partial charge in [0.25, 0.3) is 0 Å². The van der Waals surface area contributed by atoms with E-state index in [2.05, 4.69) is 0 Å². The van der Waals surface area contributed by atoms with Crippen LogP contribution in [-0.2, 0) is 24.6 Å². The first-order chi connectivity index (χ1) is 15.4. The summed E-state index contributed by atoms with van der Waals surface area (Å²) < 4.78 is 87.4. The Morgan fingerprint density at radius 1 is 1.09 bits per heavy atom. The number of nitrogens with zero attached hydrogens (tertiary/aromatic N) is 1. The van der Waals surface area contributed by atoms with Crippen molar-refractivity contribution in [1.82, 2.24) is 4.31 Å². The van der Waals surface area contributed by atoms with Crippen LogP contribution >= 0.6 is 11.6 Å². The number of benzene rings is 2. The van der Waals surface area contributed by atoms with Crippen LogP contribution in [0.5, 0.6) is 5.75 Å². The molecule has 4 rings (SSSR count). The van der Waals surface area contributed by atoms with E-state index in [1.54, 1.807) is 0 Å². The number of hydrogen-bond acceptors (Lipinski definition) is 5. The van der Waals surface area contributed by atoms with Crippen molar-refractivity contribution < 1.29 is 30.4 Å².